The molecule has 0 atom stereocenters. The quantitative estimate of drug-likeness (QED) is 0.825. The Morgan fingerprint density at radius 1 is 1.18 bits per heavy atom. The Labute approximate surface area is 131 Å². The number of hydrogen-bond donors (Lipinski definition) is 2. The summed E-state index contributed by atoms with van der Waals surface area (Å²) in [6.45, 7) is 9.57. The summed E-state index contributed by atoms with van der Waals surface area (Å²) >= 11 is 0. The Morgan fingerprint density at radius 2 is 1.82 bits per heavy atom. The maximum atomic E-state index is 11.9. The summed E-state index contributed by atoms with van der Waals surface area (Å²) in [7, 11) is 1.51. The minimum atomic E-state index is -0.667. The Balaban J connectivity index is 2.82. The maximum absolute atomic E-state index is 11.9. The van der Waals surface area contributed by atoms with Crippen LogP contribution in [0.5, 0.6) is 0 Å². The van der Waals surface area contributed by atoms with Gasteiger partial charge in [-0.25, -0.2) is 20.0 Å². The van der Waals surface area contributed by atoms with Gasteiger partial charge in [0.25, 0.3) is 0 Å². The van der Waals surface area contributed by atoms with E-state index in [1.165, 1.54) is 17.6 Å². The second-order valence-corrected chi connectivity index (χ2v) is 6.17. The van der Waals surface area contributed by atoms with Gasteiger partial charge in [0, 0.05) is 7.05 Å². The van der Waals surface area contributed by atoms with Crippen LogP contribution in [0.4, 0.5) is 9.59 Å². The average Bonchev–Trinajstić information content (AvgIpc) is 2.39. The van der Waals surface area contributed by atoms with Gasteiger partial charge in [-0.2, -0.15) is 0 Å². The van der Waals surface area contributed by atoms with Crippen molar-refractivity contribution in [2.45, 2.75) is 46.8 Å². The summed E-state index contributed by atoms with van der Waals surface area (Å²) < 4.78 is 5.17. The highest BCUT2D eigenvalue weighted by Gasteiger charge is 2.21. The van der Waals surface area contributed by atoms with Crippen LogP contribution in [0.25, 0.3) is 0 Å². The number of amides is 3. The smallest absolute Gasteiger partial charge is 0.426 e. The molecule has 0 radical (unpaired) electrons. The molecular weight excluding hydrogens is 282 g/mol. The van der Waals surface area contributed by atoms with Crippen molar-refractivity contribution >= 4 is 12.1 Å². The van der Waals surface area contributed by atoms with Gasteiger partial charge in [0.05, 0.1) is 6.54 Å². The lowest BCUT2D eigenvalue weighted by Crippen LogP contribution is -2.50. The molecular formula is C16H25N3O3. The third-order valence-corrected chi connectivity index (χ3v) is 3.00. The molecule has 0 aliphatic rings. The van der Waals surface area contributed by atoms with Crippen molar-refractivity contribution in [1.82, 2.24) is 15.8 Å². The molecule has 0 aliphatic heterocycles. The van der Waals surface area contributed by atoms with E-state index in [0.29, 0.717) is 0 Å². The summed E-state index contributed by atoms with van der Waals surface area (Å²) in [5.74, 6) is 0. The van der Waals surface area contributed by atoms with Gasteiger partial charge in [0.15, 0.2) is 0 Å². The van der Waals surface area contributed by atoms with E-state index < -0.39 is 17.7 Å². The van der Waals surface area contributed by atoms with Gasteiger partial charge in [-0.1, -0.05) is 18.2 Å². The third kappa shape index (κ3) is 5.63. The zero-order chi connectivity index (χ0) is 16.9. The number of hydrazine groups is 1. The molecule has 0 saturated heterocycles. The number of nitrogens with one attached hydrogen (secondary N) is 2. The van der Waals surface area contributed by atoms with Crippen molar-refractivity contribution in [3.05, 3.63) is 34.9 Å². The molecule has 0 spiro atoms. The third-order valence-electron chi connectivity index (χ3n) is 3.00. The van der Waals surface area contributed by atoms with E-state index in [9.17, 15) is 9.59 Å². The predicted octanol–water partition coefficient (Wildman–Crippen LogP) is 2.88. The van der Waals surface area contributed by atoms with E-state index >= 15 is 0 Å². The Morgan fingerprint density at radius 3 is 2.32 bits per heavy atom. The van der Waals surface area contributed by atoms with Crippen LogP contribution in [-0.4, -0.2) is 29.8 Å². The molecule has 0 heterocycles. The molecule has 122 valence electrons. The first-order valence-corrected chi connectivity index (χ1v) is 7.17. The molecule has 0 fully saturated rings. The van der Waals surface area contributed by atoms with Crippen LogP contribution >= 0.6 is 0 Å². The standard InChI is InChI=1S/C16H25N3O3/c1-11-7-8-13(9-12(11)2)10-19(14(20)17-6)18-15(21)22-16(3,4)5/h7-9H,10H2,1-6H3,(H,17,20)(H,18,21). The highest BCUT2D eigenvalue weighted by Crippen LogP contribution is 2.12. The molecule has 2 N–H and O–H groups in total. The summed E-state index contributed by atoms with van der Waals surface area (Å²) in [5.41, 5.74) is 5.07. The van der Waals surface area contributed by atoms with Crippen LogP contribution in [0.3, 0.4) is 0 Å². The number of carbonyl (C=O) groups is 2. The fourth-order valence-corrected chi connectivity index (χ4v) is 1.79. The Bertz CT molecular complexity index is 550. The number of urea groups is 1. The summed E-state index contributed by atoms with van der Waals surface area (Å²) in [4.78, 5) is 23.8. The summed E-state index contributed by atoms with van der Waals surface area (Å²) in [5, 5.41) is 3.69. The lowest BCUT2D eigenvalue weighted by atomic mass is 10.1. The molecule has 1 aromatic rings. The molecule has 0 unspecified atom stereocenters. The van der Waals surface area contributed by atoms with Crippen molar-refractivity contribution in [3.8, 4) is 0 Å². The fourth-order valence-electron chi connectivity index (χ4n) is 1.79. The van der Waals surface area contributed by atoms with E-state index in [2.05, 4.69) is 10.7 Å². The van der Waals surface area contributed by atoms with Crippen LogP contribution in [0, 0.1) is 13.8 Å². The van der Waals surface area contributed by atoms with Crippen LogP contribution in [0.1, 0.15) is 37.5 Å². The summed E-state index contributed by atoms with van der Waals surface area (Å²) in [6, 6.07) is 5.49. The van der Waals surface area contributed by atoms with Crippen LogP contribution in [-0.2, 0) is 11.3 Å². The molecule has 6 nitrogen and oxygen atoms in total. The van der Waals surface area contributed by atoms with E-state index in [4.69, 9.17) is 4.74 Å². The topological polar surface area (TPSA) is 70.7 Å². The largest absolute Gasteiger partial charge is 0.443 e. The first-order valence-electron chi connectivity index (χ1n) is 7.17. The lowest BCUT2D eigenvalue weighted by Gasteiger charge is -2.26. The van der Waals surface area contributed by atoms with Gasteiger partial charge in [-0.3, -0.25) is 0 Å². The first kappa shape index (κ1) is 17.8. The normalized spacial score (nSPS) is 10.8. The van der Waals surface area contributed by atoms with Crippen molar-refractivity contribution in [3.63, 3.8) is 0 Å². The molecule has 1 aromatic carbocycles. The van der Waals surface area contributed by atoms with Crippen molar-refractivity contribution in [2.75, 3.05) is 7.05 Å². The highest BCUT2D eigenvalue weighted by molar-refractivity contribution is 5.77. The molecule has 3 amide bonds. The minimum Gasteiger partial charge on any atom is -0.443 e. The second kappa shape index (κ2) is 7.15. The van der Waals surface area contributed by atoms with E-state index in [1.807, 2.05) is 32.0 Å². The molecule has 0 saturated carbocycles. The van der Waals surface area contributed by atoms with Crippen molar-refractivity contribution < 1.29 is 14.3 Å². The summed E-state index contributed by atoms with van der Waals surface area (Å²) in [6.07, 6.45) is -0.667. The zero-order valence-electron chi connectivity index (χ0n) is 14.1. The minimum absolute atomic E-state index is 0.250. The number of benzene rings is 1. The molecule has 6 heteroatoms. The van der Waals surface area contributed by atoms with Crippen LogP contribution in [0.15, 0.2) is 18.2 Å². The SMILES string of the molecule is CNC(=O)N(Cc1ccc(C)c(C)c1)NC(=O)OC(C)(C)C. The fraction of sp³-hybridized carbons (Fsp3) is 0.500. The van der Waals surface area contributed by atoms with Gasteiger partial charge in [-0.15, -0.1) is 0 Å². The number of nitrogens with zero attached hydrogens (tertiary/aromatic N) is 1. The van der Waals surface area contributed by atoms with E-state index in [-0.39, 0.29) is 6.54 Å². The van der Waals surface area contributed by atoms with Gasteiger partial charge in [0.2, 0.25) is 0 Å². The Kier molecular flexibility index (Phi) is 5.79. The number of rotatable bonds is 2. The molecule has 0 aliphatic carbocycles. The van der Waals surface area contributed by atoms with Crippen LogP contribution in [0.2, 0.25) is 0 Å². The molecule has 1 rings (SSSR count). The number of ether oxygens (including phenoxy) is 1. The van der Waals surface area contributed by atoms with Crippen molar-refractivity contribution in [2.24, 2.45) is 0 Å². The zero-order valence-corrected chi connectivity index (χ0v) is 14.1. The van der Waals surface area contributed by atoms with E-state index in [0.717, 1.165) is 11.1 Å². The van der Waals surface area contributed by atoms with Gasteiger partial charge in [-0.05, 0) is 51.3 Å². The lowest BCUT2D eigenvalue weighted by molar-refractivity contribution is 0.0370. The monoisotopic (exact) mass is 307 g/mol. The average molecular weight is 307 g/mol. The maximum Gasteiger partial charge on any atom is 0.426 e. The van der Waals surface area contributed by atoms with Crippen molar-refractivity contribution in [1.29, 1.82) is 0 Å². The van der Waals surface area contributed by atoms with Gasteiger partial charge in [0.1, 0.15) is 5.60 Å². The van der Waals surface area contributed by atoms with E-state index in [1.54, 1.807) is 20.8 Å². The number of hydrogen-bond acceptors (Lipinski definition) is 3. The van der Waals surface area contributed by atoms with Crippen LogP contribution < -0.4 is 10.7 Å². The number of aryl methyl sites for hydroxylation is 2. The second-order valence-electron chi connectivity index (χ2n) is 6.17. The Hall–Kier alpha value is -2.24. The van der Waals surface area contributed by atoms with Gasteiger partial charge >= 0.3 is 12.1 Å². The number of carbonyl (C=O) groups excluding carboxylic acids is 2. The first-order chi connectivity index (χ1) is 10.1. The van der Waals surface area contributed by atoms with Gasteiger partial charge < -0.3 is 10.1 Å². The molecule has 0 aromatic heterocycles. The molecule has 22 heavy (non-hydrogen) atoms. The molecule has 0 bridgehead atoms. The highest BCUT2D eigenvalue weighted by atomic mass is 16.6. The predicted molar refractivity (Wildman–Crippen MR) is 85.3 cm³/mol.